The zero-order valence-corrected chi connectivity index (χ0v) is 13.4. The van der Waals surface area contributed by atoms with Gasteiger partial charge < -0.3 is 15.6 Å². The lowest BCUT2D eigenvalue weighted by atomic mass is 10.2. The van der Waals surface area contributed by atoms with E-state index in [9.17, 15) is 4.79 Å². The molecule has 0 bridgehead atoms. The SMILES string of the molecule is CSc1c(NCc2nc(C)no2)sc(C(=O)C2CC2)c1N. The van der Waals surface area contributed by atoms with Gasteiger partial charge in [-0.3, -0.25) is 4.79 Å². The van der Waals surface area contributed by atoms with E-state index >= 15 is 0 Å². The number of rotatable bonds is 6. The molecular weight excluding hydrogens is 308 g/mol. The summed E-state index contributed by atoms with van der Waals surface area (Å²) in [5, 5.41) is 7.87. The Morgan fingerprint density at radius 1 is 1.57 bits per heavy atom. The second-order valence-corrected chi connectivity index (χ2v) is 6.77. The molecule has 1 aliphatic carbocycles. The van der Waals surface area contributed by atoms with E-state index in [1.807, 2.05) is 6.26 Å². The van der Waals surface area contributed by atoms with Crippen molar-refractivity contribution in [2.75, 3.05) is 17.3 Å². The molecule has 3 rings (SSSR count). The molecule has 0 aromatic carbocycles. The molecule has 0 unspecified atom stereocenters. The van der Waals surface area contributed by atoms with Gasteiger partial charge in [-0.05, 0) is 26.0 Å². The van der Waals surface area contributed by atoms with Gasteiger partial charge in [-0.1, -0.05) is 5.16 Å². The van der Waals surface area contributed by atoms with Crippen molar-refractivity contribution in [3.63, 3.8) is 0 Å². The fraction of sp³-hybridized carbons (Fsp3) is 0.462. The topological polar surface area (TPSA) is 94.0 Å². The lowest BCUT2D eigenvalue weighted by molar-refractivity contribution is 0.0972. The summed E-state index contributed by atoms with van der Waals surface area (Å²) in [4.78, 5) is 18.0. The van der Waals surface area contributed by atoms with Crippen molar-refractivity contribution in [2.24, 2.45) is 5.92 Å². The first-order valence-corrected chi connectivity index (χ1v) is 8.67. The number of ketones is 1. The van der Waals surface area contributed by atoms with Crippen LogP contribution >= 0.6 is 23.1 Å². The minimum Gasteiger partial charge on any atom is -0.396 e. The highest BCUT2D eigenvalue weighted by atomic mass is 32.2. The Bertz CT molecular complexity index is 676. The zero-order valence-electron chi connectivity index (χ0n) is 11.8. The summed E-state index contributed by atoms with van der Waals surface area (Å²) in [5.74, 6) is 1.47. The van der Waals surface area contributed by atoms with E-state index in [0.29, 0.717) is 28.8 Å². The van der Waals surface area contributed by atoms with Crippen molar-refractivity contribution < 1.29 is 9.32 Å². The normalized spacial score (nSPS) is 14.4. The first kappa shape index (κ1) is 14.4. The van der Waals surface area contributed by atoms with Crippen LogP contribution in [0.3, 0.4) is 0 Å². The van der Waals surface area contributed by atoms with E-state index in [2.05, 4.69) is 15.5 Å². The number of thioether (sulfide) groups is 1. The molecular formula is C13H16N4O2S2. The maximum Gasteiger partial charge on any atom is 0.245 e. The molecule has 6 nitrogen and oxygen atoms in total. The molecule has 1 aliphatic rings. The highest BCUT2D eigenvalue weighted by Crippen LogP contribution is 2.45. The minimum absolute atomic E-state index is 0.173. The van der Waals surface area contributed by atoms with Crippen molar-refractivity contribution in [2.45, 2.75) is 31.2 Å². The van der Waals surface area contributed by atoms with Gasteiger partial charge in [0.2, 0.25) is 5.89 Å². The van der Waals surface area contributed by atoms with Crippen LogP contribution in [-0.4, -0.2) is 22.2 Å². The van der Waals surface area contributed by atoms with Gasteiger partial charge in [-0.15, -0.1) is 23.1 Å². The van der Waals surface area contributed by atoms with Crippen LogP contribution in [0, 0.1) is 12.8 Å². The molecule has 8 heteroatoms. The third-order valence-electron chi connectivity index (χ3n) is 3.25. The average Bonchev–Trinajstić information content (AvgIpc) is 3.16. The molecule has 3 N–H and O–H groups in total. The lowest BCUT2D eigenvalue weighted by Gasteiger charge is -2.03. The number of aryl methyl sites for hydroxylation is 1. The third kappa shape index (κ3) is 2.91. The minimum atomic E-state index is 0.173. The van der Waals surface area contributed by atoms with Gasteiger partial charge in [0.05, 0.1) is 22.0 Å². The monoisotopic (exact) mass is 324 g/mol. The summed E-state index contributed by atoms with van der Waals surface area (Å²) >= 11 is 2.95. The molecule has 21 heavy (non-hydrogen) atoms. The Labute approximate surface area is 130 Å². The predicted molar refractivity (Wildman–Crippen MR) is 83.9 cm³/mol. The van der Waals surface area contributed by atoms with Crippen LogP contribution in [-0.2, 0) is 6.54 Å². The highest BCUT2D eigenvalue weighted by Gasteiger charge is 2.34. The van der Waals surface area contributed by atoms with E-state index in [1.54, 1.807) is 6.92 Å². The Morgan fingerprint density at radius 3 is 2.90 bits per heavy atom. The van der Waals surface area contributed by atoms with Crippen LogP contribution in [0.4, 0.5) is 10.7 Å². The van der Waals surface area contributed by atoms with Gasteiger partial charge in [0.15, 0.2) is 11.6 Å². The Kier molecular flexibility index (Phi) is 3.90. The number of thiophene rings is 1. The van der Waals surface area contributed by atoms with Crippen molar-refractivity contribution in [1.82, 2.24) is 10.1 Å². The van der Waals surface area contributed by atoms with Crippen LogP contribution in [0.15, 0.2) is 9.42 Å². The first-order chi connectivity index (χ1) is 10.1. The molecule has 2 aromatic heterocycles. The summed E-state index contributed by atoms with van der Waals surface area (Å²) in [5.41, 5.74) is 6.72. The largest absolute Gasteiger partial charge is 0.396 e. The third-order valence-corrected chi connectivity index (χ3v) is 5.38. The van der Waals surface area contributed by atoms with Crippen molar-refractivity contribution in [3.05, 3.63) is 16.6 Å². The second kappa shape index (κ2) is 5.69. The van der Waals surface area contributed by atoms with Gasteiger partial charge in [0, 0.05) is 5.92 Å². The van der Waals surface area contributed by atoms with Gasteiger partial charge >= 0.3 is 0 Å². The highest BCUT2D eigenvalue weighted by molar-refractivity contribution is 7.99. The van der Waals surface area contributed by atoms with E-state index in [4.69, 9.17) is 10.3 Å². The summed E-state index contributed by atoms with van der Waals surface area (Å²) in [6.07, 6.45) is 3.91. The molecule has 0 atom stereocenters. The number of nitrogens with one attached hydrogen (secondary N) is 1. The molecule has 0 spiro atoms. The number of anilines is 2. The number of nitrogens with zero attached hydrogens (tertiary/aromatic N) is 2. The Balaban J connectivity index is 1.80. The molecule has 112 valence electrons. The van der Waals surface area contributed by atoms with Gasteiger partial charge in [-0.2, -0.15) is 4.98 Å². The molecule has 0 radical (unpaired) electrons. The maximum absolute atomic E-state index is 12.2. The molecule has 0 amide bonds. The molecule has 1 saturated carbocycles. The smallest absolute Gasteiger partial charge is 0.245 e. The van der Waals surface area contributed by atoms with Crippen LogP contribution in [0.1, 0.15) is 34.2 Å². The summed E-state index contributed by atoms with van der Waals surface area (Å²) in [6, 6.07) is 0. The van der Waals surface area contributed by atoms with Crippen LogP contribution in [0.2, 0.25) is 0 Å². The van der Waals surface area contributed by atoms with Crippen molar-refractivity contribution >= 4 is 39.6 Å². The van der Waals surface area contributed by atoms with E-state index in [1.165, 1.54) is 23.1 Å². The van der Waals surface area contributed by atoms with Gasteiger partial charge in [0.25, 0.3) is 0 Å². The number of carbonyl (C=O) groups is 1. The standard InChI is InChI=1S/C13H16N4O2S2/c1-6-16-8(19-17-6)5-15-13-12(20-2)9(14)11(21-13)10(18)7-3-4-7/h7,15H,3-5,14H2,1-2H3. The maximum atomic E-state index is 12.2. The summed E-state index contributed by atoms with van der Waals surface area (Å²) in [7, 11) is 0. The Hall–Kier alpha value is -1.54. The molecule has 0 aliphatic heterocycles. The number of nitrogen functional groups attached to an aromatic ring is 1. The van der Waals surface area contributed by atoms with Crippen molar-refractivity contribution in [1.29, 1.82) is 0 Å². The second-order valence-electron chi connectivity index (χ2n) is 4.93. The molecule has 2 aromatic rings. The fourth-order valence-corrected chi connectivity index (χ4v) is 4.08. The number of nitrogens with two attached hydrogens (primary N) is 1. The molecule has 1 fully saturated rings. The lowest BCUT2D eigenvalue weighted by Crippen LogP contribution is -2.02. The predicted octanol–water partition coefficient (Wildman–Crippen LogP) is 2.95. The van der Waals surface area contributed by atoms with Crippen molar-refractivity contribution in [3.8, 4) is 0 Å². The zero-order chi connectivity index (χ0) is 15.0. The molecule has 0 saturated heterocycles. The van der Waals surface area contributed by atoms with E-state index in [-0.39, 0.29) is 11.7 Å². The quantitative estimate of drug-likeness (QED) is 0.623. The summed E-state index contributed by atoms with van der Waals surface area (Å²) in [6.45, 7) is 2.20. The summed E-state index contributed by atoms with van der Waals surface area (Å²) < 4.78 is 5.07. The van der Waals surface area contributed by atoms with E-state index < -0.39 is 0 Å². The van der Waals surface area contributed by atoms with Gasteiger partial charge in [0.1, 0.15) is 5.00 Å². The molecule has 2 heterocycles. The fourth-order valence-electron chi connectivity index (χ4n) is 2.03. The first-order valence-electron chi connectivity index (χ1n) is 6.63. The number of aromatic nitrogens is 2. The van der Waals surface area contributed by atoms with E-state index in [0.717, 1.165) is 22.7 Å². The average molecular weight is 324 g/mol. The number of Topliss-reactive ketones (excluding diaryl/α,β-unsaturated/α-hetero) is 1. The Morgan fingerprint density at radius 2 is 2.33 bits per heavy atom. The number of hydrogen-bond donors (Lipinski definition) is 2. The van der Waals surface area contributed by atoms with Crippen LogP contribution < -0.4 is 11.1 Å². The van der Waals surface area contributed by atoms with Crippen LogP contribution in [0.25, 0.3) is 0 Å². The number of hydrogen-bond acceptors (Lipinski definition) is 8. The van der Waals surface area contributed by atoms with Crippen LogP contribution in [0.5, 0.6) is 0 Å². The van der Waals surface area contributed by atoms with Gasteiger partial charge in [-0.25, -0.2) is 0 Å². The number of carbonyl (C=O) groups excluding carboxylic acids is 1.